The van der Waals surface area contributed by atoms with Crippen LogP contribution < -0.4 is 0 Å². The number of esters is 2. The Labute approximate surface area is 95.8 Å². The molecule has 0 amide bonds. The van der Waals surface area contributed by atoms with E-state index in [2.05, 4.69) is 14.2 Å². The fourth-order valence-electron chi connectivity index (χ4n) is 0.565. The van der Waals surface area contributed by atoms with Crippen LogP contribution in [0, 0.1) is 0 Å². The van der Waals surface area contributed by atoms with Crippen LogP contribution in [0.15, 0.2) is 0 Å². The van der Waals surface area contributed by atoms with Gasteiger partial charge in [0, 0.05) is 13.7 Å². The van der Waals surface area contributed by atoms with Gasteiger partial charge in [0.1, 0.15) is 13.2 Å². The third-order valence-corrected chi connectivity index (χ3v) is 1.22. The first kappa shape index (κ1) is 17.3. The van der Waals surface area contributed by atoms with Crippen molar-refractivity contribution in [2.24, 2.45) is 0 Å². The number of rotatable bonds is 6. The first-order valence-electron chi connectivity index (χ1n) is 4.91. The summed E-state index contributed by atoms with van der Waals surface area (Å²) < 4.78 is 18.0. The van der Waals surface area contributed by atoms with Crippen LogP contribution in [0.1, 0.15) is 13.8 Å². The van der Waals surface area contributed by atoms with Crippen molar-refractivity contribution in [1.29, 1.82) is 0 Å². The number of hydrogen-bond donors (Lipinski definition) is 0. The Kier molecular flexibility index (Phi) is 15.0. The smallest absolute Gasteiger partial charge is 0.332 e. The molecule has 16 heavy (non-hydrogen) atoms. The molecule has 0 rings (SSSR count). The Balaban J connectivity index is 0. The fourth-order valence-corrected chi connectivity index (χ4v) is 0.565. The Morgan fingerprint density at radius 3 is 1.88 bits per heavy atom. The molecule has 0 aromatic carbocycles. The summed E-state index contributed by atoms with van der Waals surface area (Å²) in [5.41, 5.74) is 0. The highest BCUT2D eigenvalue weighted by molar-refractivity contribution is 5.70. The topological polar surface area (TPSA) is 71.1 Å². The van der Waals surface area contributed by atoms with Crippen LogP contribution in [0.5, 0.6) is 0 Å². The summed E-state index contributed by atoms with van der Waals surface area (Å²) in [7, 11) is 2.76. The number of carbonyl (C=O) groups is 2. The van der Waals surface area contributed by atoms with Gasteiger partial charge in [0.25, 0.3) is 0 Å². The number of methoxy groups -OCH3 is 2. The SMILES string of the molecule is CCOCC(=O)OCC.COCC(=O)OC. The van der Waals surface area contributed by atoms with Crippen molar-refractivity contribution in [2.75, 3.05) is 40.6 Å². The largest absolute Gasteiger partial charge is 0.467 e. The average molecular weight is 236 g/mol. The molecular weight excluding hydrogens is 216 g/mol. The van der Waals surface area contributed by atoms with Crippen molar-refractivity contribution >= 4 is 11.9 Å². The lowest BCUT2D eigenvalue weighted by Gasteiger charge is -1.99. The molecule has 0 unspecified atom stereocenters. The molecule has 0 heterocycles. The lowest BCUT2D eigenvalue weighted by Crippen LogP contribution is -2.11. The maximum absolute atomic E-state index is 10.5. The maximum Gasteiger partial charge on any atom is 0.332 e. The molecule has 0 fully saturated rings. The second kappa shape index (κ2) is 13.9. The molecule has 0 saturated heterocycles. The van der Waals surface area contributed by atoms with Crippen LogP contribution in [-0.4, -0.2) is 52.6 Å². The van der Waals surface area contributed by atoms with Crippen molar-refractivity contribution in [2.45, 2.75) is 13.8 Å². The summed E-state index contributed by atoms with van der Waals surface area (Å²) in [6, 6.07) is 0. The summed E-state index contributed by atoms with van der Waals surface area (Å²) in [6.07, 6.45) is 0. The molecule has 0 spiro atoms. The molecule has 0 aliphatic rings. The molecule has 0 N–H and O–H groups in total. The van der Waals surface area contributed by atoms with E-state index < -0.39 is 0 Å². The molecule has 0 aliphatic carbocycles. The summed E-state index contributed by atoms with van der Waals surface area (Å²) in [5.74, 6) is -0.637. The minimum atomic E-state index is -0.345. The van der Waals surface area contributed by atoms with E-state index in [4.69, 9.17) is 4.74 Å². The second-order valence-electron chi connectivity index (χ2n) is 2.45. The van der Waals surface area contributed by atoms with Crippen LogP contribution in [0.25, 0.3) is 0 Å². The van der Waals surface area contributed by atoms with E-state index in [-0.39, 0.29) is 25.2 Å². The van der Waals surface area contributed by atoms with Gasteiger partial charge in [-0.3, -0.25) is 0 Å². The molecule has 96 valence electrons. The Bertz CT molecular complexity index is 180. The van der Waals surface area contributed by atoms with Crippen molar-refractivity contribution in [1.82, 2.24) is 0 Å². The molecule has 0 atom stereocenters. The molecule has 0 saturated carbocycles. The standard InChI is InChI=1S/C6H12O3.C4H8O3/c1-3-8-5-6(7)9-4-2;1-6-3-4(5)7-2/h3-5H2,1-2H3;3H2,1-2H3. The van der Waals surface area contributed by atoms with Gasteiger partial charge in [0.05, 0.1) is 13.7 Å². The zero-order chi connectivity index (χ0) is 12.8. The second-order valence-corrected chi connectivity index (χ2v) is 2.45. The molecule has 6 heteroatoms. The van der Waals surface area contributed by atoms with Crippen LogP contribution in [0.4, 0.5) is 0 Å². The maximum atomic E-state index is 10.5. The van der Waals surface area contributed by atoms with E-state index in [1.54, 1.807) is 6.92 Å². The highest BCUT2D eigenvalue weighted by atomic mass is 16.6. The molecule has 0 radical (unpaired) electrons. The van der Waals surface area contributed by atoms with Crippen LogP contribution in [-0.2, 0) is 28.5 Å². The quantitative estimate of drug-likeness (QED) is 0.621. The third kappa shape index (κ3) is 15.3. The van der Waals surface area contributed by atoms with E-state index >= 15 is 0 Å². The van der Waals surface area contributed by atoms with Gasteiger partial charge in [0.15, 0.2) is 0 Å². The monoisotopic (exact) mass is 236 g/mol. The first-order chi connectivity index (χ1) is 7.62. The lowest BCUT2D eigenvalue weighted by molar-refractivity contribution is -0.148. The van der Waals surface area contributed by atoms with Crippen LogP contribution >= 0.6 is 0 Å². The minimum Gasteiger partial charge on any atom is -0.467 e. The van der Waals surface area contributed by atoms with Crippen LogP contribution in [0.2, 0.25) is 0 Å². The van der Waals surface area contributed by atoms with E-state index in [1.165, 1.54) is 14.2 Å². The molecule has 0 aromatic rings. The first-order valence-corrected chi connectivity index (χ1v) is 4.91. The molecule has 0 aromatic heterocycles. The fraction of sp³-hybridized carbons (Fsp3) is 0.800. The van der Waals surface area contributed by atoms with Gasteiger partial charge >= 0.3 is 11.9 Å². The molecule has 0 aliphatic heterocycles. The molecule has 0 bridgehead atoms. The highest BCUT2D eigenvalue weighted by Gasteiger charge is 1.97. The zero-order valence-electron chi connectivity index (χ0n) is 10.3. The van der Waals surface area contributed by atoms with Crippen molar-refractivity contribution in [3.05, 3.63) is 0 Å². The minimum absolute atomic E-state index is 0.0382. The summed E-state index contributed by atoms with van der Waals surface area (Å²) in [6.45, 7) is 4.69. The van der Waals surface area contributed by atoms with E-state index in [9.17, 15) is 9.59 Å². The predicted molar refractivity (Wildman–Crippen MR) is 57.0 cm³/mol. The average Bonchev–Trinajstić information content (AvgIpc) is 2.28. The lowest BCUT2D eigenvalue weighted by atomic mass is 10.7. The van der Waals surface area contributed by atoms with Crippen molar-refractivity contribution in [3.8, 4) is 0 Å². The highest BCUT2D eigenvalue weighted by Crippen LogP contribution is 1.79. The molecule has 6 nitrogen and oxygen atoms in total. The number of carbonyl (C=O) groups excluding carboxylic acids is 2. The number of hydrogen-bond acceptors (Lipinski definition) is 6. The van der Waals surface area contributed by atoms with Crippen molar-refractivity contribution in [3.63, 3.8) is 0 Å². The van der Waals surface area contributed by atoms with Gasteiger partial charge in [-0.1, -0.05) is 0 Å². The van der Waals surface area contributed by atoms with Gasteiger partial charge in [-0.2, -0.15) is 0 Å². The Morgan fingerprint density at radius 1 is 0.938 bits per heavy atom. The van der Waals surface area contributed by atoms with E-state index in [0.29, 0.717) is 13.2 Å². The third-order valence-electron chi connectivity index (χ3n) is 1.22. The van der Waals surface area contributed by atoms with Crippen LogP contribution in [0.3, 0.4) is 0 Å². The summed E-state index contributed by atoms with van der Waals surface area (Å²) in [5, 5.41) is 0. The van der Waals surface area contributed by atoms with E-state index in [0.717, 1.165) is 0 Å². The van der Waals surface area contributed by atoms with Gasteiger partial charge in [-0.15, -0.1) is 0 Å². The van der Waals surface area contributed by atoms with Crippen molar-refractivity contribution < 1.29 is 28.5 Å². The van der Waals surface area contributed by atoms with Gasteiger partial charge in [-0.25, -0.2) is 9.59 Å². The Hall–Kier alpha value is -1.14. The predicted octanol–water partition coefficient (Wildman–Crippen LogP) is 0.392. The van der Waals surface area contributed by atoms with Gasteiger partial charge < -0.3 is 18.9 Å². The Morgan fingerprint density at radius 2 is 1.56 bits per heavy atom. The molecular formula is C10H20O6. The number of ether oxygens (including phenoxy) is 4. The summed E-state index contributed by atoms with van der Waals surface area (Å²) in [4.78, 5) is 20.5. The normalized spacial score (nSPS) is 8.75. The van der Waals surface area contributed by atoms with Gasteiger partial charge in [-0.05, 0) is 13.8 Å². The van der Waals surface area contributed by atoms with Gasteiger partial charge in [0.2, 0.25) is 0 Å². The summed E-state index contributed by atoms with van der Waals surface area (Å²) >= 11 is 0. The zero-order valence-corrected chi connectivity index (χ0v) is 10.3. The van der Waals surface area contributed by atoms with E-state index in [1.807, 2.05) is 6.92 Å².